The summed E-state index contributed by atoms with van der Waals surface area (Å²) in [6.45, 7) is 2.57. The van der Waals surface area contributed by atoms with Gasteiger partial charge in [0.1, 0.15) is 6.04 Å². The van der Waals surface area contributed by atoms with E-state index in [9.17, 15) is 9.59 Å². The standard InChI is InChI=1S/C24H30N2O2S/c1-18-8-6-9-19(16-18)22(27)26-21(12-15-29-2)23(28)25-17-24(13-7-14-24)20-10-4-3-5-11-20/h3-6,8-11,16,21H,7,12-15,17H2,1-2H3,(H,25,28)(H,26,27). The predicted octanol–water partition coefficient (Wildman–Crippen LogP) is 4.08. The summed E-state index contributed by atoms with van der Waals surface area (Å²) in [6, 6.07) is 17.4. The van der Waals surface area contributed by atoms with E-state index in [1.807, 2.05) is 37.4 Å². The molecule has 0 aromatic heterocycles. The van der Waals surface area contributed by atoms with Crippen molar-refractivity contribution in [1.29, 1.82) is 0 Å². The smallest absolute Gasteiger partial charge is 0.251 e. The van der Waals surface area contributed by atoms with Gasteiger partial charge in [-0.1, -0.05) is 54.4 Å². The minimum atomic E-state index is -0.525. The van der Waals surface area contributed by atoms with Crippen molar-refractivity contribution in [2.24, 2.45) is 0 Å². The molecule has 0 radical (unpaired) electrons. The zero-order valence-electron chi connectivity index (χ0n) is 17.2. The van der Waals surface area contributed by atoms with Gasteiger partial charge >= 0.3 is 0 Å². The summed E-state index contributed by atoms with van der Waals surface area (Å²) in [7, 11) is 0. The number of nitrogens with one attached hydrogen (secondary N) is 2. The third-order valence-electron chi connectivity index (χ3n) is 5.81. The van der Waals surface area contributed by atoms with Gasteiger partial charge in [-0.25, -0.2) is 0 Å². The van der Waals surface area contributed by atoms with Gasteiger partial charge in [0.05, 0.1) is 0 Å². The molecule has 1 aliphatic carbocycles. The first-order chi connectivity index (χ1) is 14.0. The van der Waals surface area contributed by atoms with E-state index < -0.39 is 6.04 Å². The second kappa shape index (κ2) is 9.97. The number of thioether (sulfide) groups is 1. The fraction of sp³-hybridized carbons (Fsp3) is 0.417. The summed E-state index contributed by atoms with van der Waals surface area (Å²) in [4.78, 5) is 25.6. The van der Waals surface area contributed by atoms with Crippen molar-refractivity contribution < 1.29 is 9.59 Å². The van der Waals surface area contributed by atoms with Crippen LogP contribution in [0.15, 0.2) is 54.6 Å². The van der Waals surface area contributed by atoms with Crippen molar-refractivity contribution in [2.45, 2.75) is 44.1 Å². The predicted molar refractivity (Wildman–Crippen MR) is 120 cm³/mol. The highest BCUT2D eigenvalue weighted by atomic mass is 32.2. The minimum absolute atomic E-state index is 0.0293. The molecule has 4 nitrogen and oxygen atoms in total. The summed E-state index contributed by atoms with van der Waals surface area (Å²) in [5.41, 5.74) is 2.93. The lowest BCUT2D eigenvalue weighted by Crippen LogP contribution is -2.52. The van der Waals surface area contributed by atoms with Crippen LogP contribution < -0.4 is 10.6 Å². The minimum Gasteiger partial charge on any atom is -0.353 e. The molecule has 2 aromatic carbocycles. The molecule has 0 aliphatic heterocycles. The number of rotatable bonds is 9. The molecule has 1 unspecified atom stereocenters. The van der Waals surface area contributed by atoms with Crippen molar-refractivity contribution >= 4 is 23.6 Å². The summed E-state index contributed by atoms with van der Waals surface area (Å²) >= 11 is 1.68. The largest absolute Gasteiger partial charge is 0.353 e. The Hall–Kier alpha value is -2.27. The number of hydrogen-bond acceptors (Lipinski definition) is 3. The molecule has 1 atom stereocenters. The Kier molecular flexibility index (Phi) is 7.37. The molecule has 0 saturated heterocycles. The summed E-state index contributed by atoms with van der Waals surface area (Å²) in [5.74, 6) is 0.523. The fourth-order valence-corrected chi connectivity index (χ4v) is 4.35. The van der Waals surface area contributed by atoms with E-state index in [0.717, 1.165) is 24.2 Å². The van der Waals surface area contributed by atoms with Crippen LogP contribution in [0.3, 0.4) is 0 Å². The Morgan fingerprint density at radius 3 is 2.48 bits per heavy atom. The highest BCUT2D eigenvalue weighted by Gasteiger charge is 2.39. The zero-order chi connectivity index (χ0) is 20.7. The van der Waals surface area contributed by atoms with E-state index in [4.69, 9.17) is 0 Å². The number of aryl methyl sites for hydroxylation is 1. The first-order valence-electron chi connectivity index (χ1n) is 10.2. The van der Waals surface area contributed by atoms with E-state index >= 15 is 0 Å². The Morgan fingerprint density at radius 2 is 1.86 bits per heavy atom. The lowest BCUT2D eigenvalue weighted by Gasteiger charge is -2.43. The van der Waals surface area contributed by atoms with Crippen molar-refractivity contribution in [3.05, 3.63) is 71.3 Å². The molecule has 1 aliphatic rings. The van der Waals surface area contributed by atoms with Gasteiger partial charge in [0.15, 0.2) is 0 Å². The average Bonchev–Trinajstić information content (AvgIpc) is 2.70. The highest BCUT2D eigenvalue weighted by Crippen LogP contribution is 2.43. The van der Waals surface area contributed by atoms with Crippen LogP contribution in [0.1, 0.15) is 47.2 Å². The topological polar surface area (TPSA) is 58.2 Å². The summed E-state index contributed by atoms with van der Waals surface area (Å²) in [6.07, 6.45) is 5.98. The van der Waals surface area contributed by atoms with Gasteiger partial charge in [-0.05, 0) is 55.9 Å². The highest BCUT2D eigenvalue weighted by molar-refractivity contribution is 7.98. The number of carbonyl (C=O) groups is 2. The van der Waals surface area contributed by atoms with E-state index in [1.165, 1.54) is 12.0 Å². The quantitative estimate of drug-likeness (QED) is 0.655. The first kappa shape index (κ1) is 21.4. The Labute approximate surface area is 177 Å². The van der Waals surface area contributed by atoms with E-state index in [-0.39, 0.29) is 17.2 Å². The molecule has 154 valence electrons. The molecule has 1 fully saturated rings. The lowest BCUT2D eigenvalue weighted by atomic mass is 9.64. The molecule has 1 saturated carbocycles. The molecule has 3 rings (SSSR count). The van der Waals surface area contributed by atoms with Crippen molar-refractivity contribution in [3.8, 4) is 0 Å². The van der Waals surface area contributed by atoms with Gasteiger partial charge in [0, 0.05) is 17.5 Å². The normalized spacial score (nSPS) is 15.8. The van der Waals surface area contributed by atoms with Crippen LogP contribution in [0, 0.1) is 6.92 Å². The maximum atomic E-state index is 13.0. The van der Waals surface area contributed by atoms with Gasteiger partial charge in [-0.2, -0.15) is 11.8 Å². The van der Waals surface area contributed by atoms with Crippen LogP contribution in [-0.4, -0.2) is 36.4 Å². The van der Waals surface area contributed by atoms with Crippen LogP contribution in [0.4, 0.5) is 0 Å². The van der Waals surface area contributed by atoms with Crippen molar-refractivity contribution in [2.75, 3.05) is 18.6 Å². The lowest BCUT2D eigenvalue weighted by molar-refractivity contribution is -0.123. The summed E-state index contributed by atoms with van der Waals surface area (Å²) < 4.78 is 0. The number of carbonyl (C=O) groups excluding carboxylic acids is 2. The van der Waals surface area contributed by atoms with Crippen LogP contribution in [0.2, 0.25) is 0 Å². The molecular weight excluding hydrogens is 380 g/mol. The third-order valence-corrected chi connectivity index (χ3v) is 6.45. The Bertz CT molecular complexity index is 834. The number of hydrogen-bond donors (Lipinski definition) is 2. The third kappa shape index (κ3) is 5.41. The monoisotopic (exact) mass is 410 g/mol. The molecule has 0 bridgehead atoms. The maximum Gasteiger partial charge on any atom is 0.251 e. The Morgan fingerprint density at radius 1 is 1.10 bits per heavy atom. The van der Waals surface area contributed by atoms with Gasteiger partial charge in [0.2, 0.25) is 5.91 Å². The van der Waals surface area contributed by atoms with Crippen molar-refractivity contribution in [3.63, 3.8) is 0 Å². The van der Waals surface area contributed by atoms with E-state index in [1.54, 1.807) is 17.8 Å². The van der Waals surface area contributed by atoms with Crippen LogP contribution in [-0.2, 0) is 10.2 Å². The molecule has 2 amide bonds. The maximum absolute atomic E-state index is 13.0. The van der Waals surface area contributed by atoms with Crippen molar-refractivity contribution in [1.82, 2.24) is 10.6 Å². The average molecular weight is 411 g/mol. The zero-order valence-corrected chi connectivity index (χ0v) is 18.1. The molecule has 0 heterocycles. The second-order valence-electron chi connectivity index (χ2n) is 7.89. The van der Waals surface area contributed by atoms with Crippen LogP contribution in [0.25, 0.3) is 0 Å². The molecular formula is C24H30N2O2S. The second-order valence-corrected chi connectivity index (χ2v) is 8.88. The van der Waals surface area contributed by atoms with Gasteiger partial charge in [-0.15, -0.1) is 0 Å². The van der Waals surface area contributed by atoms with Gasteiger partial charge < -0.3 is 10.6 Å². The van der Waals surface area contributed by atoms with E-state index in [2.05, 4.69) is 34.9 Å². The van der Waals surface area contributed by atoms with Crippen LogP contribution in [0.5, 0.6) is 0 Å². The number of benzene rings is 2. The molecule has 0 spiro atoms. The van der Waals surface area contributed by atoms with Gasteiger partial charge in [-0.3, -0.25) is 9.59 Å². The fourth-order valence-electron chi connectivity index (χ4n) is 3.87. The van der Waals surface area contributed by atoms with Crippen LogP contribution >= 0.6 is 11.8 Å². The number of amides is 2. The van der Waals surface area contributed by atoms with E-state index in [0.29, 0.717) is 18.5 Å². The molecule has 5 heteroatoms. The SMILES string of the molecule is CSCCC(NC(=O)c1cccc(C)c1)C(=O)NCC1(c2ccccc2)CCC1. The molecule has 2 N–H and O–H groups in total. The summed E-state index contributed by atoms with van der Waals surface area (Å²) in [5, 5.41) is 6.08. The molecule has 29 heavy (non-hydrogen) atoms. The first-order valence-corrected chi connectivity index (χ1v) is 11.6. The van der Waals surface area contributed by atoms with Gasteiger partial charge in [0.25, 0.3) is 5.91 Å². The Balaban J connectivity index is 1.65. The molecule has 2 aromatic rings.